The Hall–Kier alpha value is -1.62. The molecule has 3 rings (SSSR count). The lowest BCUT2D eigenvalue weighted by atomic mass is 10.2. The lowest BCUT2D eigenvalue weighted by molar-refractivity contribution is 0.217. The van der Waals surface area contributed by atoms with Crippen molar-refractivity contribution in [1.82, 2.24) is 24.0 Å². The number of hydrogen-bond acceptors (Lipinski definition) is 3. The Bertz CT molecular complexity index is 487. The number of aryl methyl sites for hydroxylation is 1. The number of likely N-dealkylation sites (tertiary alicyclic amines) is 1. The van der Waals surface area contributed by atoms with Crippen LogP contribution in [0.3, 0.4) is 0 Å². The van der Waals surface area contributed by atoms with Gasteiger partial charge in [0.15, 0.2) is 0 Å². The quantitative estimate of drug-likeness (QED) is 0.814. The molecule has 0 aromatic carbocycles. The van der Waals surface area contributed by atoms with E-state index < -0.39 is 0 Å². The van der Waals surface area contributed by atoms with Gasteiger partial charge in [-0.25, -0.2) is 9.97 Å². The van der Waals surface area contributed by atoms with E-state index in [-0.39, 0.29) is 0 Å². The fourth-order valence-electron chi connectivity index (χ4n) is 2.68. The molecule has 3 heterocycles. The monoisotopic (exact) mass is 245 g/mol. The van der Waals surface area contributed by atoms with E-state index in [1.54, 1.807) is 0 Å². The van der Waals surface area contributed by atoms with Gasteiger partial charge in [-0.15, -0.1) is 0 Å². The van der Waals surface area contributed by atoms with Crippen LogP contribution in [0.15, 0.2) is 31.1 Å². The minimum absolute atomic E-state index is 0.607. The zero-order valence-electron chi connectivity index (χ0n) is 10.7. The van der Waals surface area contributed by atoms with Crippen molar-refractivity contribution in [2.45, 2.75) is 32.0 Å². The maximum absolute atomic E-state index is 4.41. The zero-order chi connectivity index (χ0) is 12.4. The van der Waals surface area contributed by atoms with Crippen molar-refractivity contribution in [3.63, 3.8) is 0 Å². The van der Waals surface area contributed by atoms with Crippen LogP contribution in [0.1, 0.15) is 18.7 Å². The van der Waals surface area contributed by atoms with Crippen molar-refractivity contribution in [2.24, 2.45) is 7.05 Å². The van der Waals surface area contributed by atoms with Crippen LogP contribution in [0.2, 0.25) is 0 Å². The Balaban J connectivity index is 1.66. The minimum Gasteiger partial charge on any atom is -0.337 e. The number of rotatable bonds is 4. The minimum atomic E-state index is 0.607. The van der Waals surface area contributed by atoms with Gasteiger partial charge in [-0.05, 0) is 19.4 Å². The van der Waals surface area contributed by atoms with Crippen LogP contribution in [0.25, 0.3) is 0 Å². The molecule has 0 amide bonds. The standard InChI is InChI=1S/C13H19N5/c1-16-7-5-15-13(16)10-18-6-2-3-12(18)9-17-8-4-14-11-17/h4-5,7-8,11-12H,2-3,6,9-10H2,1H3. The summed E-state index contributed by atoms with van der Waals surface area (Å²) in [6.45, 7) is 3.15. The molecular formula is C13H19N5. The Morgan fingerprint density at radius 3 is 3.00 bits per heavy atom. The molecule has 1 aliphatic heterocycles. The van der Waals surface area contributed by atoms with Crippen molar-refractivity contribution in [3.05, 3.63) is 36.9 Å². The van der Waals surface area contributed by atoms with Crippen molar-refractivity contribution in [3.8, 4) is 0 Å². The van der Waals surface area contributed by atoms with Crippen LogP contribution in [-0.2, 0) is 20.1 Å². The Kier molecular flexibility index (Phi) is 3.15. The van der Waals surface area contributed by atoms with Crippen LogP contribution in [-0.4, -0.2) is 36.6 Å². The molecule has 1 fully saturated rings. The smallest absolute Gasteiger partial charge is 0.122 e. The van der Waals surface area contributed by atoms with Crippen LogP contribution < -0.4 is 0 Å². The molecule has 0 saturated carbocycles. The predicted octanol–water partition coefficient (Wildman–Crippen LogP) is 1.28. The molecule has 0 spiro atoms. The molecule has 0 bridgehead atoms. The summed E-state index contributed by atoms with van der Waals surface area (Å²) in [5.41, 5.74) is 0. The fourth-order valence-corrected chi connectivity index (χ4v) is 2.68. The van der Waals surface area contributed by atoms with Crippen molar-refractivity contribution in [2.75, 3.05) is 6.54 Å². The summed E-state index contributed by atoms with van der Waals surface area (Å²) in [7, 11) is 2.06. The van der Waals surface area contributed by atoms with E-state index in [0.717, 1.165) is 18.9 Å². The second kappa shape index (κ2) is 4.94. The Morgan fingerprint density at radius 1 is 1.33 bits per heavy atom. The maximum Gasteiger partial charge on any atom is 0.122 e. The highest BCUT2D eigenvalue weighted by molar-refractivity contribution is 4.93. The summed E-state index contributed by atoms with van der Waals surface area (Å²) < 4.78 is 4.27. The molecular weight excluding hydrogens is 226 g/mol. The van der Waals surface area contributed by atoms with Gasteiger partial charge in [-0.3, -0.25) is 4.90 Å². The summed E-state index contributed by atoms with van der Waals surface area (Å²) in [6, 6.07) is 0.607. The number of imidazole rings is 2. The van der Waals surface area contributed by atoms with Gasteiger partial charge >= 0.3 is 0 Å². The first-order chi connectivity index (χ1) is 8.83. The van der Waals surface area contributed by atoms with E-state index in [2.05, 4.69) is 31.0 Å². The molecule has 2 aromatic heterocycles. The normalized spacial score (nSPS) is 20.6. The van der Waals surface area contributed by atoms with E-state index >= 15 is 0 Å². The van der Waals surface area contributed by atoms with Gasteiger partial charge in [0.1, 0.15) is 5.82 Å². The van der Waals surface area contributed by atoms with Gasteiger partial charge in [0.2, 0.25) is 0 Å². The van der Waals surface area contributed by atoms with Crippen LogP contribution in [0.4, 0.5) is 0 Å². The first kappa shape index (κ1) is 11.5. The molecule has 96 valence electrons. The van der Waals surface area contributed by atoms with Gasteiger partial charge in [0, 0.05) is 44.4 Å². The third kappa shape index (κ3) is 2.31. The van der Waals surface area contributed by atoms with Gasteiger partial charge in [0.25, 0.3) is 0 Å². The van der Waals surface area contributed by atoms with Gasteiger partial charge in [-0.2, -0.15) is 0 Å². The SMILES string of the molecule is Cn1ccnc1CN1CCCC1Cn1ccnc1. The highest BCUT2D eigenvalue weighted by Gasteiger charge is 2.25. The summed E-state index contributed by atoms with van der Waals surface area (Å²) in [4.78, 5) is 11.1. The van der Waals surface area contributed by atoms with E-state index in [4.69, 9.17) is 0 Å². The molecule has 1 atom stereocenters. The molecule has 0 N–H and O–H groups in total. The van der Waals surface area contributed by atoms with Gasteiger partial charge in [-0.1, -0.05) is 0 Å². The first-order valence-corrected chi connectivity index (χ1v) is 6.49. The summed E-state index contributed by atoms with van der Waals surface area (Å²) in [6.07, 6.45) is 12.2. The number of aromatic nitrogens is 4. The molecule has 5 heteroatoms. The van der Waals surface area contributed by atoms with E-state index in [9.17, 15) is 0 Å². The average molecular weight is 245 g/mol. The maximum atomic E-state index is 4.41. The fraction of sp³-hybridized carbons (Fsp3) is 0.538. The summed E-state index contributed by atoms with van der Waals surface area (Å²) in [5, 5.41) is 0. The lowest BCUT2D eigenvalue weighted by Crippen LogP contribution is -2.33. The highest BCUT2D eigenvalue weighted by Crippen LogP contribution is 2.20. The molecule has 5 nitrogen and oxygen atoms in total. The van der Waals surface area contributed by atoms with Crippen molar-refractivity contribution >= 4 is 0 Å². The Morgan fingerprint density at radius 2 is 2.28 bits per heavy atom. The average Bonchev–Trinajstić information content (AvgIpc) is 3.06. The van der Waals surface area contributed by atoms with Crippen molar-refractivity contribution in [1.29, 1.82) is 0 Å². The molecule has 2 aromatic rings. The third-order valence-electron chi connectivity index (χ3n) is 3.75. The van der Waals surface area contributed by atoms with E-state index in [1.807, 2.05) is 31.1 Å². The lowest BCUT2D eigenvalue weighted by Gasteiger charge is -2.24. The van der Waals surface area contributed by atoms with Crippen LogP contribution in [0.5, 0.6) is 0 Å². The first-order valence-electron chi connectivity index (χ1n) is 6.49. The molecule has 0 radical (unpaired) electrons. The highest BCUT2D eigenvalue weighted by atomic mass is 15.2. The number of hydrogen-bond donors (Lipinski definition) is 0. The van der Waals surface area contributed by atoms with Crippen molar-refractivity contribution < 1.29 is 0 Å². The summed E-state index contributed by atoms with van der Waals surface area (Å²) in [5.74, 6) is 1.15. The van der Waals surface area contributed by atoms with Gasteiger partial charge in [0.05, 0.1) is 12.9 Å². The van der Waals surface area contributed by atoms with E-state index in [1.165, 1.54) is 19.4 Å². The summed E-state index contributed by atoms with van der Waals surface area (Å²) >= 11 is 0. The zero-order valence-corrected chi connectivity index (χ0v) is 10.7. The second-order valence-corrected chi connectivity index (χ2v) is 4.98. The number of nitrogens with zero attached hydrogens (tertiary/aromatic N) is 5. The van der Waals surface area contributed by atoms with Crippen LogP contribution >= 0.6 is 0 Å². The topological polar surface area (TPSA) is 38.9 Å². The van der Waals surface area contributed by atoms with Crippen LogP contribution in [0, 0.1) is 0 Å². The molecule has 1 aliphatic rings. The molecule has 0 aliphatic carbocycles. The predicted molar refractivity (Wildman–Crippen MR) is 68.9 cm³/mol. The van der Waals surface area contributed by atoms with Gasteiger partial charge < -0.3 is 9.13 Å². The second-order valence-electron chi connectivity index (χ2n) is 4.98. The Labute approximate surface area is 107 Å². The molecule has 18 heavy (non-hydrogen) atoms. The third-order valence-corrected chi connectivity index (χ3v) is 3.75. The molecule has 1 unspecified atom stereocenters. The largest absolute Gasteiger partial charge is 0.337 e. The van der Waals surface area contributed by atoms with E-state index in [0.29, 0.717) is 6.04 Å². The molecule has 1 saturated heterocycles.